The molecule has 0 unspecified atom stereocenters. The third-order valence-corrected chi connectivity index (χ3v) is 4.08. The van der Waals surface area contributed by atoms with Gasteiger partial charge in [0, 0.05) is 32.2 Å². The number of halogens is 1. The lowest BCUT2D eigenvalue weighted by atomic mass is 10.3. The Bertz CT molecular complexity index is 599. The Morgan fingerprint density at radius 2 is 2.37 bits per heavy atom. The molecule has 6 nitrogen and oxygen atoms in total. The van der Waals surface area contributed by atoms with E-state index in [1.54, 1.807) is 22.8 Å². The van der Waals surface area contributed by atoms with Gasteiger partial charge in [-0.1, -0.05) is 0 Å². The fourth-order valence-electron chi connectivity index (χ4n) is 1.95. The van der Waals surface area contributed by atoms with E-state index in [2.05, 4.69) is 25.4 Å². The van der Waals surface area contributed by atoms with Gasteiger partial charge in [0.2, 0.25) is 5.28 Å². The first-order valence-electron chi connectivity index (χ1n) is 6.00. The Morgan fingerprint density at radius 3 is 3.16 bits per heavy atom. The van der Waals surface area contributed by atoms with Crippen LogP contribution in [-0.4, -0.2) is 37.0 Å². The number of hydrogen-bond acceptors (Lipinski definition) is 6. The summed E-state index contributed by atoms with van der Waals surface area (Å²) in [5.41, 5.74) is 1.04. The van der Waals surface area contributed by atoms with E-state index in [1.807, 2.05) is 7.05 Å². The standard InChI is InChI=1S/C11H13ClN6S/c1-18-6-14-8(17-18)2-4-13-10-9-7(3-5-19-9)15-11(12)16-10/h6H,2-5H2,1H3,(H,13,15,16). The van der Waals surface area contributed by atoms with Crippen LogP contribution in [0.3, 0.4) is 0 Å². The van der Waals surface area contributed by atoms with E-state index in [4.69, 9.17) is 11.6 Å². The molecule has 2 aromatic rings. The molecular formula is C11H13ClN6S. The number of fused-ring (bicyclic) bond motifs is 1. The molecule has 19 heavy (non-hydrogen) atoms. The van der Waals surface area contributed by atoms with E-state index in [1.165, 1.54) is 0 Å². The first kappa shape index (κ1) is 12.7. The number of aryl methyl sites for hydroxylation is 2. The average Bonchev–Trinajstić information content (AvgIpc) is 2.98. The summed E-state index contributed by atoms with van der Waals surface area (Å²) in [5, 5.41) is 7.84. The normalized spacial score (nSPS) is 13.6. The largest absolute Gasteiger partial charge is 0.369 e. The van der Waals surface area contributed by atoms with Crippen molar-refractivity contribution >= 4 is 29.2 Å². The molecule has 0 saturated heterocycles. The monoisotopic (exact) mass is 296 g/mol. The van der Waals surface area contributed by atoms with E-state index < -0.39 is 0 Å². The Kier molecular flexibility index (Phi) is 3.56. The van der Waals surface area contributed by atoms with Crippen LogP contribution in [0.1, 0.15) is 11.5 Å². The Hall–Kier alpha value is -1.34. The number of nitrogens with one attached hydrogen (secondary N) is 1. The zero-order valence-electron chi connectivity index (χ0n) is 10.4. The first-order chi connectivity index (χ1) is 9.22. The summed E-state index contributed by atoms with van der Waals surface area (Å²) < 4.78 is 1.70. The number of hydrogen-bond donors (Lipinski definition) is 1. The van der Waals surface area contributed by atoms with Gasteiger partial charge in [-0.05, 0) is 11.6 Å². The molecule has 0 bridgehead atoms. The Labute approximate surface area is 120 Å². The highest BCUT2D eigenvalue weighted by molar-refractivity contribution is 7.99. The van der Waals surface area contributed by atoms with E-state index in [-0.39, 0.29) is 0 Å². The minimum Gasteiger partial charge on any atom is -0.369 e. The van der Waals surface area contributed by atoms with Crippen LogP contribution in [0.2, 0.25) is 5.28 Å². The summed E-state index contributed by atoms with van der Waals surface area (Å²) in [6.45, 7) is 0.727. The lowest BCUT2D eigenvalue weighted by Gasteiger charge is -2.08. The fraction of sp³-hybridized carbons (Fsp3) is 0.455. The van der Waals surface area contributed by atoms with Crippen LogP contribution in [0, 0.1) is 0 Å². The summed E-state index contributed by atoms with van der Waals surface area (Å²) in [6.07, 6.45) is 3.41. The van der Waals surface area contributed by atoms with Gasteiger partial charge in [-0.15, -0.1) is 11.8 Å². The van der Waals surface area contributed by atoms with Crippen molar-refractivity contribution in [3.05, 3.63) is 23.1 Å². The number of rotatable bonds is 4. The minimum absolute atomic E-state index is 0.305. The van der Waals surface area contributed by atoms with E-state index in [0.717, 1.165) is 47.4 Å². The van der Waals surface area contributed by atoms with Gasteiger partial charge in [0.05, 0.1) is 10.6 Å². The molecule has 1 aliphatic heterocycles. The van der Waals surface area contributed by atoms with Crippen molar-refractivity contribution in [1.82, 2.24) is 24.7 Å². The molecule has 0 saturated carbocycles. The van der Waals surface area contributed by atoms with Crippen molar-refractivity contribution in [3.8, 4) is 0 Å². The van der Waals surface area contributed by atoms with Gasteiger partial charge in [-0.25, -0.2) is 9.97 Å². The second-order valence-electron chi connectivity index (χ2n) is 4.23. The number of anilines is 1. The molecule has 8 heteroatoms. The van der Waals surface area contributed by atoms with Crippen LogP contribution in [-0.2, 0) is 19.9 Å². The summed E-state index contributed by atoms with van der Waals surface area (Å²) in [6, 6.07) is 0. The molecule has 3 rings (SSSR count). The zero-order chi connectivity index (χ0) is 13.2. The molecule has 0 spiro atoms. The van der Waals surface area contributed by atoms with E-state index >= 15 is 0 Å². The van der Waals surface area contributed by atoms with Crippen LogP contribution < -0.4 is 5.32 Å². The predicted molar refractivity (Wildman–Crippen MR) is 74.7 cm³/mol. The van der Waals surface area contributed by atoms with Gasteiger partial charge in [-0.3, -0.25) is 4.68 Å². The first-order valence-corrected chi connectivity index (χ1v) is 7.36. The van der Waals surface area contributed by atoms with Gasteiger partial charge in [-0.2, -0.15) is 10.1 Å². The highest BCUT2D eigenvalue weighted by Crippen LogP contribution is 2.35. The maximum atomic E-state index is 5.93. The van der Waals surface area contributed by atoms with Crippen molar-refractivity contribution < 1.29 is 0 Å². The SMILES string of the molecule is Cn1cnc(CCNc2nc(Cl)nc3c2SCC3)n1. The van der Waals surface area contributed by atoms with Crippen LogP contribution in [0.25, 0.3) is 0 Å². The van der Waals surface area contributed by atoms with Gasteiger partial charge >= 0.3 is 0 Å². The zero-order valence-corrected chi connectivity index (χ0v) is 12.0. The molecule has 0 atom stereocenters. The topological polar surface area (TPSA) is 68.5 Å². The highest BCUT2D eigenvalue weighted by Gasteiger charge is 2.19. The second-order valence-corrected chi connectivity index (χ2v) is 5.67. The van der Waals surface area contributed by atoms with Gasteiger partial charge in [0.25, 0.3) is 0 Å². The van der Waals surface area contributed by atoms with Crippen LogP contribution in [0.4, 0.5) is 5.82 Å². The molecule has 100 valence electrons. The average molecular weight is 297 g/mol. The molecule has 0 aromatic carbocycles. The lowest BCUT2D eigenvalue weighted by molar-refractivity contribution is 0.741. The molecule has 0 amide bonds. The minimum atomic E-state index is 0.305. The fourth-order valence-corrected chi connectivity index (χ4v) is 3.20. The van der Waals surface area contributed by atoms with Crippen LogP contribution in [0.5, 0.6) is 0 Å². The molecule has 3 heterocycles. The summed E-state index contributed by atoms with van der Waals surface area (Å²) >= 11 is 7.70. The maximum absolute atomic E-state index is 5.93. The van der Waals surface area contributed by atoms with Crippen LogP contribution >= 0.6 is 23.4 Å². The molecular weight excluding hydrogens is 284 g/mol. The summed E-state index contributed by atoms with van der Waals surface area (Å²) in [5.74, 6) is 2.69. The summed E-state index contributed by atoms with van der Waals surface area (Å²) in [4.78, 5) is 13.8. The number of thioether (sulfide) groups is 1. The molecule has 2 aromatic heterocycles. The van der Waals surface area contributed by atoms with Gasteiger partial charge < -0.3 is 5.32 Å². The highest BCUT2D eigenvalue weighted by atomic mass is 35.5. The number of aromatic nitrogens is 5. The Balaban J connectivity index is 1.67. The molecule has 1 aliphatic rings. The van der Waals surface area contributed by atoms with Gasteiger partial charge in [0.15, 0.2) is 5.82 Å². The van der Waals surface area contributed by atoms with E-state index in [9.17, 15) is 0 Å². The lowest BCUT2D eigenvalue weighted by Crippen LogP contribution is -2.09. The van der Waals surface area contributed by atoms with Crippen molar-refractivity contribution in [2.24, 2.45) is 7.05 Å². The van der Waals surface area contributed by atoms with Crippen molar-refractivity contribution in [3.63, 3.8) is 0 Å². The molecule has 0 radical (unpaired) electrons. The third-order valence-electron chi connectivity index (χ3n) is 2.78. The predicted octanol–water partition coefficient (Wildman–Crippen LogP) is 1.56. The van der Waals surface area contributed by atoms with Crippen LogP contribution in [0.15, 0.2) is 11.2 Å². The van der Waals surface area contributed by atoms with Crippen molar-refractivity contribution in [1.29, 1.82) is 0 Å². The molecule has 0 fully saturated rings. The quantitative estimate of drug-likeness (QED) is 0.864. The van der Waals surface area contributed by atoms with E-state index in [0.29, 0.717) is 5.28 Å². The second kappa shape index (κ2) is 5.34. The van der Waals surface area contributed by atoms with Crippen molar-refractivity contribution in [2.45, 2.75) is 17.7 Å². The van der Waals surface area contributed by atoms with Gasteiger partial charge in [0.1, 0.15) is 12.1 Å². The maximum Gasteiger partial charge on any atom is 0.224 e. The number of nitrogens with zero attached hydrogens (tertiary/aromatic N) is 5. The third kappa shape index (κ3) is 2.82. The Morgan fingerprint density at radius 1 is 1.47 bits per heavy atom. The molecule has 0 aliphatic carbocycles. The van der Waals surface area contributed by atoms with Crippen molar-refractivity contribution in [2.75, 3.05) is 17.6 Å². The summed E-state index contributed by atoms with van der Waals surface area (Å²) in [7, 11) is 1.86. The smallest absolute Gasteiger partial charge is 0.224 e. The molecule has 1 N–H and O–H groups in total.